The van der Waals surface area contributed by atoms with Crippen LogP contribution in [0.2, 0.25) is 5.02 Å². The van der Waals surface area contributed by atoms with Gasteiger partial charge in [0.15, 0.2) is 0 Å². The third kappa shape index (κ3) is 3.41. The van der Waals surface area contributed by atoms with Crippen molar-refractivity contribution in [3.8, 4) is 0 Å². The fourth-order valence-corrected chi connectivity index (χ4v) is 5.03. The Morgan fingerprint density at radius 1 is 1.32 bits per heavy atom. The number of halogens is 2. The van der Waals surface area contributed by atoms with Crippen molar-refractivity contribution in [3.05, 3.63) is 47.0 Å². The number of nitrogens with zero attached hydrogens (tertiary/aromatic N) is 3. The van der Waals surface area contributed by atoms with Gasteiger partial charge in [0.25, 0.3) is 5.91 Å². The summed E-state index contributed by atoms with van der Waals surface area (Å²) in [5.41, 5.74) is 0.216. The van der Waals surface area contributed by atoms with E-state index in [-0.39, 0.29) is 21.6 Å². The van der Waals surface area contributed by atoms with Crippen LogP contribution in [0.15, 0.2) is 35.7 Å². The molecule has 9 heteroatoms. The van der Waals surface area contributed by atoms with E-state index in [0.29, 0.717) is 25.9 Å². The summed E-state index contributed by atoms with van der Waals surface area (Å²) in [6.45, 7) is 0.585. The molecule has 2 aromatic rings. The number of carbonyl (C=O) groups excluding carboxylic acids is 1. The molecule has 134 valence electrons. The van der Waals surface area contributed by atoms with Crippen LogP contribution in [0.1, 0.15) is 23.2 Å². The van der Waals surface area contributed by atoms with Crippen molar-refractivity contribution in [1.82, 2.24) is 14.5 Å². The molecule has 1 aromatic carbocycles. The van der Waals surface area contributed by atoms with Gasteiger partial charge >= 0.3 is 0 Å². The minimum atomic E-state index is -3.54. The standard InChI is InChI=1S/C16H17ClFN3O3S/c1-20-9-6-19-16(20)25(23,24)12-4-7-21(8-5-12)15(22)13-3-2-11(18)10-14(13)17/h2-3,6,9-10,12H,4-5,7-8H2,1H3. The number of hydrogen-bond donors (Lipinski definition) is 0. The van der Waals surface area contributed by atoms with Gasteiger partial charge in [-0.2, -0.15) is 0 Å². The average molecular weight is 386 g/mol. The Kier molecular flexibility index (Phi) is 4.83. The monoisotopic (exact) mass is 385 g/mol. The fraction of sp³-hybridized carbons (Fsp3) is 0.375. The van der Waals surface area contributed by atoms with Gasteiger partial charge in [-0.3, -0.25) is 4.79 Å². The smallest absolute Gasteiger partial charge is 0.255 e. The fourth-order valence-electron chi connectivity index (χ4n) is 2.98. The maximum Gasteiger partial charge on any atom is 0.255 e. The second kappa shape index (κ2) is 6.76. The van der Waals surface area contributed by atoms with Crippen molar-refractivity contribution in [2.75, 3.05) is 13.1 Å². The summed E-state index contributed by atoms with van der Waals surface area (Å²) in [6.07, 6.45) is 3.67. The quantitative estimate of drug-likeness (QED) is 0.812. The van der Waals surface area contributed by atoms with Crippen LogP contribution in [-0.4, -0.2) is 47.1 Å². The highest BCUT2D eigenvalue weighted by molar-refractivity contribution is 7.91. The van der Waals surface area contributed by atoms with Crippen molar-refractivity contribution in [1.29, 1.82) is 0 Å². The van der Waals surface area contributed by atoms with Crippen LogP contribution in [0.25, 0.3) is 0 Å². The summed E-state index contributed by atoms with van der Waals surface area (Å²) >= 11 is 5.94. The number of aryl methyl sites for hydroxylation is 1. The Hall–Kier alpha value is -1.93. The first-order valence-corrected chi connectivity index (χ1v) is 9.68. The van der Waals surface area contributed by atoms with E-state index in [1.807, 2.05) is 0 Å². The van der Waals surface area contributed by atoms with E-state index in [9.17, 15) is 17.6 Å². The summed E-state index contributed by atoms with van der Waals surface area (Å²) in [4.78, 5) is 18.0. The summed E-state index contributed by atoms with van der Waals surface area (Å²) in [5.74, 6) is -0.834. The summed E-state index contributed by atoms with van der Waals surface area (Å²) in [7, 11) is -1.90. The molecule has 1 fully saturated rings. The van der Waals surface area contributed by atoms with E-state index >= 15 is 0 Å². The molecular formula is C16H17ClFN3O3S. The van der Waals surface area contributed by atoms with E-state index in [0.717, 1.165) is 6.07 Å². The van der Waals surface area contributed by atoms with Crippen LogP contribution in [0.3, 0.4) is 0 Å². The Bertz CT molecular complexity index is 905. The molecule has 1 aliphatic heterocycles. The van der Waals surface area contributed by atoms with E-state index in [2.05, 4.69) is 4.98 Å². The zero-order valence-corrected chi connectivity index (χ0v) is 15.1. The Balaban J connectivity index is 1.72. The number of sulfone groups is 1. The van der Waals surface area contributed by atoms with Gasteiger partial charge in [-0.1, -0.05) is 11.6 Å². The number of hydrogen-bond acceptors (Lipinski definition) is 4. The predicted octanol–water partition coefficient (Wildman–Crippen LogP) is 2.29. The molecule has 0 N–H and O–H groups in total. The number of likely N-dealkylation sites (tertiary alicyclic amines) is 1. The van der Waals surface area contributed by atoms with Gasteiger partial charge in [-0.05, 0) is 31.0 Å². The Labute approximate surface area is 150 Å². The lowest BCUT2D eigenvalue weighted by atomic mass is 10.1. The molecule has 0 unspecified atom stereocenters. The number of aromatic nitrogens is 2. The Morgan fingerprint density at radius 3 is 2.56 bits per heavy atom. The van der Waals surface area contributed by atoms with Gasteiger partial charge in [-0.25, -0.2) is 17.8 Å². The molecule has 1 aromatic heterocycles. The number of amides is 1. The molecule has 6 nitrogen and oxygen atoms in total. The third-order valence-electron chi connectivity index (χ3n) is 4.36. The Morgan fingerprint density at radius 2 is 2.00 bits per heavy atom. The average Bonchev–Trinajstić information content (AvgIpc) is 3.01. The highest BCUT2D eigenvalue weighted by Gasteiger charge is 2.35. The molecule has 0 radical (unpaired) electrons. The minimum Gasteiger partial charge on any atom is -0.339 e. The molecular weight excluding hydrogens is 369 g/mol. The highest BCUT2D eigenvalue weighted by Crippen LogP contribution is 2.26. The largest absolute Gasteiger partial charge is 0.339 e. The van der Waals surface area contributed by atoms with Crippen LogP contribution in [0, 0.1) is 5.82 Å². The first-order chi connectivity index (χ1) is 11.8. The van der Waals surface area contributed by atoms with Crippen molar-refractivity contribution in [2.24, 2.45) is 7.05 Å². The van der Waals surface area contributed by atoms with Crippen LogP contribution in [-0.2, 0) is 16.9 Å². The van der Waals surface area contributed by atoms with Crippen molar-refractivity contribution in [2.45, 2.75) is 23.2 Å². The van der Waals surface area contributed by atoms with Crippen molar-refractivity contribution in [3.63, 3.8) is 0 Å². The lowest BCUT2D eigenvalue weighted by molar-refractivity contribution is 0.0725. The van der Waals surface area contributed by atoms with E-state index in [4.69, 9.17) is 11.6 Å². The van der Waals surface area contributed by atoms with Gasteiger partial charge < -0.3 is 9.47 Å². The van der Waals surface area contributed by atoms with E-state index in [1.165, 1.54) is 22.9 Å². The molecule has 25 heavy (non-hydrogen) atoms. The molecule has 1 amide bonds. The SMILES string of the molecule is Cn1ccnc1S(=O)(=O)C1CCN(C(=O)c2ccc(F)cc2Cl)CC1. The molecule has 0 atom stereocenters. The molecule has 1 saturated heterocycles. The number of benzene rings is 1. The number of rotatable bonds is 3. The molecule has 0 bridgehead atoms. The number of imidazole rings is 1. The first kappa shape index (κ1) is 17.9. The summed E-state index contributed by atoms with van der Waals surface area (Å²) in [5, 5.41) is -0.493. The van der Waals surface area contributed by atoms with Crippen molar-refractivity contribution < 1.29 is 17.6 Å². The third-order valence-corrected chi connectivity index (χ3v) is 6.93. The van der Waals surface area contributed by atoms with E-state index in [1.54, 1.807) is 18.1 Å². The summed E-state index contributed by atoms with van der Waals surface area (Å²) in [6, 6.07) is 3.61. The lowest BCUT2D eigenvalue weighted by Gasteiger charge is -2.31. The van der Waals surface area contributed by atoms with Gasteiger partial charge in [0, 0.05) is 32.5 Å². The summed E-state index contributed by atoms with van der Waals surface area (Å²) < 4.78 is 39.9. The number of piperidine rings is 1. The maximum atomic E-state index is 13.1. The van der Waals surface area contributed by atoms with Gasteiger partial charge in [0.05, 0.1) is 15.8 Å². The zero-order valence-electron chi connectivity index (χ0n) is 13.5. The van der Waals surface area contributed by atoms with Gasteiger partial charge in [0.1, 0.15) is 5.82 Å². The van der Waals surface area contributed by atoms with Crippen LogP contribution >= 0.6 is 11.6 Å². The van der Waals surface area contributed by atoms with Gasteiger partial charge in [-0.15, -0.1) is 0 Å². The second-order valence-corrected chi connectivity index (χ2v) is 8.51. The lowest BCUT2D eigenvalue weighted by Crippen LogP contribution is -2.43. The predicted molar refractivity (Wildman–Crippen MR) is 90.7 cm³/mol. The molecule has 0 aliphatic carbocycles. The molecule has 0 spiro atoms. The van der Waals surface area contributed by atoms with Crippen LogP contribution in [0.4, 0.5) is 4.39 Å². The molecule has 2 heterocycles. The first-order valence-electron chi connectivity index (χ1n) is 7.76. The van der Waals surface area contributed by atoms with Crippen molar-refractivity contribution >= 4 is 27.3 Å². The highest BCUT2D eigenvalue weighted by atomic mass is 35.5. The molecule has 0 saturated carbocycles. The molecule has 1 aliphatic rings. The van der Waals surface area contributed by atoms with E-state index < -0.39 is 20.9 Å². The zero-order chi connectivity index (χ0) is 18.2. The topological polar surface area (TPSA) is 72.3 Å². The minimum absolute atomic E-state index is 0.0406. The second-order valence-electron chi connectivity index (χ2n) is 5.98. The molecule has 3 rings (SSSR count). The maximum absolute atomic E-state index is 13.1. The van der Waals surface area contributed by atoms with Crippen LogP contribution < -0.4 is 0 Å². The van der Waals surface area contributed by atoms with Crippen LogP contribution in [0.5, 0.6) is 0 Å². The normalized spacial score (nSPS) is 16.2. The number of carbonyl (C=O) groups is 1. The van der Waals surface area contributed by atoms with Gasteiger partial charge in [0.2, 0.25) is 15.0 Å².